The van der Waals surface area contributed by atoms with Gasteiger partial charge in [-0.15, -0.1) is 0 Å². The molecule has 0 aliphatic carbocycles. The van der Waals surface area contributed by atoms with E-state index in [9.17, 15) is 9.59 Å². The van der Waals surface area contributed by atoms with E-state index in [2.05, 4.69) is 15.9 Å². The topological polar surface area (TPSA) is 43.4 Å². The van der Waals surface area contributed by atoms with Crippen LogP contribution in [0.25, 0.3) is 0 Å². The SMILES string of the molecule is CC(=O)CCCOC(=O)CBr. The van der Waals surface area contributed by atoms with Gasteiger partial charge in [0.05, 0.1) is 6.61 Å². The number of rotatable bonds is 5. The lowest BCUT2D eigenvalue weighted by atomic mass is 10.2. The number of carbonyl (C=O) groups excluding carboxylic acids is 2. The number of ketones is 1. The first-order chi connectivity index (χ1) is 5.16. The summed E-state index contributed by atoms with van der Waals surface area (Å²) in [6.45, 7) is 1.86. The van der Waals surface area contributed by atoms with Crippen molar-refractivity contribution in [3.63, 3.8) is 0 Å². The van der Waals surface area contributed by atoms with Gasteiger partial charge >= 0.3 is 5.97 Å². The van der Waals surface area contributed by atoms with Gasteiger partial charge in [-0.3, -0.25) is 4.79 Å². The summed E-state index contributed by atoms with van der Waals surface area (Å²) in [6.07, 6.45) is 1.10. The lowest BCUT2D eigenvalue weighted by molar-refractivity contribution is -0.140. The molecule has 0 amide bonds. The lowest BCUT2D eigenvalue weighted by Crippen LogP contribution is -2.07. The summed E-state index contributed by atoms with van der Waals surface area (Å²) < 4.78 is 4.70. The van der Waals surface area contributed by atoms with Gasteiger partial charge in [-0.25, -0.2) is 0 Å². The molecule has 0 aliphatic heterocycles. The molecule has 11 heavy (non-hydrogen) atoms. The highest BCUT2D eigenvalue weighted by Gasteiger charge is 1.98. The smallest absolute Gasteiger partial charge is 0.316 e. The largest absolute Gasteiger partial charge is 0.465 e. The molecule has 0 aliphatic rings. The van der Waals surface area contributed by atoms with Crippen molar-refractivity contribution in [1.29, 1.82) is 0 Å². The molecule has 0 rings (SSSR count). The fourth-order valence-corrected chi connectivity index (χ4v) is 0.708. The van der Waals surface area contributed by atoms with E-state index in [0.29, 0.717) is 19.4 Å². The average Bonchev–Trinajstić information content (AvgIpc) is 1.97. The molecule has 0 fully saturated rings. The number of hydrogen-bond donors (Lipinski definition) is 0. The number of Topliss-reactive ketones (excluding diaryl/α,β-unsaturated/α-hetero) is 1. The van der Waals surface area contributed by atoms with Crippen LogP contribution in [0, 0.1) is 0 Å². The van der Waals surface area contributed by atoms with Crippen molar-refractivity contribution in [2.24, 2.45) is 0 Å². The molecule has 0 spiro atoms. The van der Waals surface area contributed by atoms with Crippen molar-refractivity contribution in [2.45, 2.75) is 19.8 Å². The number of carbonyl (C=O) groups is 2. The molecule has 0 aromatic rings. The predicted molar refractivity (Wildman–Crippen MR) is 44.7 cm³/mol. The van der Waals surface area contributed by atoms with Gasteiger partial charge in [-0.2, -0.15) is 0 Å². The maximum atomic E-state index is 10.5. The zero-order valence-corrected chi connectivity index (χ0v) is 8.02. The monoisotopic (exact) mass is 222 g/mol. The molecule has 0 atom stereocenters. The van der Waals surface area contributed by atoms with Gasteiger partial charge in [0.15, 0.2) is 0 Å². The Morgan fingerprint density at radius 2 is 2.09 bits per heavy atom. The first-order valence-corrected chi connectivity index (χ1v) is 4.50. The molecule has 0 saturated heterocycles. The van der Waals surface area contributed by atoms with Crippen LogP contribution in [0.3, 0.4) is 0 Å². The maximum Gasteiger partial charge on any atom is 0.316 e. The Bertz CT molecular complexity index is 145. The number of halogens is 1. The fourth-order valence-electron chi connectivity index (χ4n) is 0.546. The third kappa shape index (κ3) is 7.52. The number of ether oxygens (including phenoxy) is 1. The van der Waals surface area contributed by atoms with E-state index >= 15 is 0 Å². The van der Waals surface area contributed by atoms with Crippen LogP contribution in [0.2, 0.25) is 0 Å². The molecule has 3 nitrogen and oxygen atoms in total. The number of esters is 1. The van der Waals surface area contributed by atoms with Crippen LogP contribution >= 0.6 is 15.9 Å². The Morgan fingerprint density at radius 1 is 1.45 bits per heavy atom. The van der Waals surface area contributed by atoms with Crippen molar-refractivity contribution >= 4 is 27.7 Å². The van der Waals surface area contributed by atoms with E-state index in [1.54, 1.807) is 0 Å². The third-order valence-corrected chi connectivity index (χ3v) is 1.50. The lowest BCUT2D eigenvalue weighted by Gasteiger charge is -1.99. The molecule has 0 heterocycles. The highest BCUT2D eigenvalue weighted by Crippen LogP contribution is 1.93. The van der Waals surface area contributed by atoms with Crippen molar-refractivity contribution in [2.75, 3.05) is 11.9 Å². The summed E-state index contributed by atoms with van der Waals surface area (Å²) in [6, 6.07) is 0. The molecule has 0 aromatic carbocycles. The van der Waals surface area contributed by atoms with Crippen molar-refractivity contribution in [1.82, 2.24) is 0 Å². The van der Waals surface area contributed by atoms with Crippen LogP contribution < -0.4 is 0 Å². The van der Waals surface area contributed by atoms with Gasteiger partial charge < -0.3 is 9.53 Å². The molecular formula is C7H11BrO3. The second-order valence-corrected chi connectivity index (χ2v) is 2.72. The van der Waals surface area contributed by atoms with Gasteiger partial charge in [0, 0.05) is 6.42 Å². The second-order valence-electron chi connectivity index (χ2n) is 2.16. The van der Waals surface area contributed by atoms with E-state index in [1.807, 2.05) is 0 Å². The van der Waals surface area contributed by atoms with E-state index < -0.39 is 0 Å². The Balaban J connectivity index is 3.14. The van der Waals surface area contributed by atoms with Crippen LogP contribution in [-0.4, -0.2) is 23.7 Å². The highest BCUT2D eigenvalue weighted by atomic mass is 79.9. The average molecular weight is 223 g/mol. The van der Waals surface area contributed by atoms with Crippen molar-refractivity contribution < 1.29 is 14.3 Å². The quantitative estimate of drug-likeness (QED) is 0.400. The molecule has 0 unspecified atom stereocenters. The minimum absolute atomic E-state index is 0.125. The highest BCUT2D eigenvalue weighted by molar-refractivity contribution is 9.09. The van der Waals surface area contributed by atoms with Crippen LogP contribution in [0.15, 0.2) is 0 Å². The Labute approximate surface area is 74.2 Å². The van der Waals surface area contributed by atoms with Crippen LogP contribution in [-0.2, 0) is 14.3 Å². The maximum absolute atomic E-state index is 10.5. The zero-order valence-electron chi connectivity index (χ0n) is 6.43. The van der Waals surface area contributed by atoms with E-state index in [1.165, 1.54) is 6.92 Å². The third-order valence-electron chi connectivity index (χ3n) is 1.05. The van der Waals surface area contributed by atoms with Crippen molar-refractivity contribution in [3.8, 4) is 0 Å². The van der Waals surface area contributed by atoms with E-state index in [0.717, 1.165) is 0 Å². The summed E-state index contributed by atoms with van der Waals surface area (Å²) in [4.78, 5) is 20.9. The molecule has 0 bridgehead atoms. The minimum Gasteiger partial charge on any atom is -0.465 e. The first kappa shape index (κ1) is 10.6. The van der Waals surface area contributed by atoms with Crippen LogP contribution in [0.1, 0.15) is 19.8 Å². The second kappa shape index (κ2) is 6.34. The molecule has 0 radical (unpaired) electrons. The minimum atomic E-state index is -0.284. The molecule has 0 saturated carbocycles. The first-order valence-electron chi connectivity index (χ1n) is 3.38. The van der Waals surface area contributed by atoms with Gasteiger partial charge in [0.25, 0.3) is 0 Å². The van der Waals surface area contributed by atoms with Gasteiger partial charge in [-0.05, 0) is 13.3 Å². The predicted octanol–water partition coefficient (Wildman–Crippen LogP) is 1.29. The molecule has 4 heteroatoms. The normalized spacial score (nSPS) is 9.27. The zero-order chi connectivity index (χ0) is 8.69. The van der Waals surface area contributed by atoms with E-state index in [-0.39, 0.29) is 17.1 Å². The summed E-state index contributed by atoms with van der Waals surface area (Å²) in [7, 11) is 0. The van der Waals surface area contributed by atoms with Gasteiger partial charge in [0.2, 0.25) is 0 Å². The Morgan fingerprint density at radius 3 is 2.55 bits per heavy atom. The van der Waals surface area contributed by atoms with Crippen LogP contribution in [0.5, 0.6) is 0 Å². The standard InChI is InChI=1S/C7H11BrO3/c1-6(9)3-2-4-11-7(10)5-8/h2-5H2,1H3. The van der Waals surface area contributed by atoms with Crippen LogP contribution in [0.4, 0.5) is 0 Å². The molecule has 0 aromatic heterocycles. The van der Waals surface area contributed by atoms with E-state index in [4.69, 9.17) is 4.74 Å². The summed E-state index contributed by atoms with van der Waals surface area (Å²) in [5.41, 5.74) is 0. The number of hydrogen-bond acceptors (Lipinski definition) is 3. The summed E-state index contributed by atoms with van der Waals surface area (Å²) in [5.74, 6) is -0.159. The molecule has 0 N–H and O–H groups in total. The van der Waals surface area contributed by atoms with Crippen molar-refractivity contribution in [3.05, 3.63) is 0 Å². The Hall–Kier alpha value is -0.380. The number of alkyl halides is 1. The fraction of sp³-hybridized carbons (Fsp3) is 0.714. The van der Waals surface area contributed by atoms with Gasteiger partial charge in [-0.1, -0.05) is 15.9 Å². The molecular weight excluding hydrogens is 212 g/mol. The Kier molecular flexibility index (Phi) is 6.12. The molecule has 64 valence electrons. The summed E-state index contributed by atoms with van der Waals surface area (Å²) in [5, 5.41) is 0.215. The van der Waals surface area contributed by atoms with Gasteiger partial charge in [0.1, 0.15) is 11.1 Å². The summed E-state index contributed by atoms with van der Waals surface area (Å²) >= 11 is 2.95.